The van der Waals surface area contributed by atoms with Crippen LogP contribution in [0.3, 0.4) is 0 Å². The molecule has 4 rings (SSSR count). The van der Waals surface area contributed by atoms with Crippen molar-refractivity contribution in [2.45, 2.75) is 26.2 Å². The molecule has 0 aromatic heterocycles. The lowest BCUT2D eigenvalue weighted by Crippen LogP contribution is -2.41. The second-order valence-electron chi connectivity index (χ2n) is 8.11. The Balaban J connectivity index is 0.00000210. The van der Waals surface area contributed by atoms with Crippen molar-refractivity contribution in [1.29, 1.82) is 0 Å². The van der Waals surface area contributed by atoms with Crippen LogP contribution in [0, 0.1) is 11.3 Å². The van der Waals surface area contributed by atoms with E-state index in [1.807, 2.05) is 0 Å². The number of anilines is 1. The minimum atomic E-state index is 0. The molecule has 2 unspecified atom stereocenters. The molecule has 3 saturated heterocycles. The van der Waals surface area contributed by atoms with E-state index in [-0.39, 0.29) is 24.0 Å². The third-order valence-electron chi connectivity index (χ3n) is 6.16. The summed E-state index contributed by atoms with van der Waals surface area (Å²) in [6, 6.07) is 10.8. The monoisotopic (exact) mass is 484 g/mol. The van der Waals surface area contributed by atoms with Gasteiger partial charge in [0.2, 0.25) is 0 Å². The molecular formula is C21H33IN4O. The number of ether oxygens (including phenoxy) is 1. The van der Waals surface area contributed by atoms with Gasteiger partial charge in [0.25, 0.3) is 0 Å². The molecule has 150 valence electrons. The number of para-hydroxylation sites is 1. The highest BCUT2D eigenvalue weighted by Crippen LogP contribution is 2.38. The Morgan fingerprint density at radius 2 is 2.11 bits per heavy atom. The molecular weight excluding hydrogens is 451 g/mol. The van der Waals surface area contributed by atoms with Crippen LogP contribution in [0.5, 0.6) is 0 Å². The number of hydrogen-bond donors (Lipinski definition) is 1. The van der Waals surface area contributed by atoms with E-state index in [2.05, 4.69) is 52.4 Å². The summed E-state index contributed by atoms with van der Waals surface area (Å²) >= 11 is 0. The first-order chi connectivity index (χ1) is 12.8. The Labute approximate surface area is 180 Å². The zero-order valence-electron chi connectivity index (χ0n) is 16.4. The number of likely N-dealkylation sites (tertiary alicyclic amines) is 1. The van der Waals surface area contributed by atoms with Crippen LogP contribution in [0.15, 0.2) is 35.3 Å². The van der Waals surface area contributed by atoms with Gasteiger partial charge >= 0.3 is 0 Å². The molecule has 0 radical (unpaired) electrons. The number of benzene rings is 1. The molecule has 1 spiro atoms. The molecule has 5 nitrogen and oxygen atoms in total. The minimum absolute atomic E-state index is 0. The molecule has 2 atom stereocenters. The van der Waals surface area contributed by atoms with E-state index in [0.29, 0.717) is 11.3 Å². The van der Waals surface area contributed by atoms with E-state index in [4.69, 9.17) is 9.73 Å². The summed E-state index contributed by atoms with van der Waals surface area (Å²) < 4.78 is 5.67. The van der Waals surface area contributed by atoms with Gasteiger partial charge in [-0.3, -0.25) is 4.99 Å². The Morgan fingerprint density at radius 3 is 2.85 bits per heavy atom. The maximum atomic E-state index is 5.67. The third kappa shape index (κ3) is 4.88. The zero-order valence-corrected chi connectivity index (χ0v) is 18.7. The summed E-state index contributed by atoms with van der Waals surface area (Å²) in [5.74, 6) is 1.75. The topological polar surface area (TPSA) is 40.1 Å². The van der Waals surface area contributed by atoms with Gasteiger partial charge in [0.05, 0.1) is 6.61 Å². The van der Waals surface area contributed by atoms with Crippen molar-refractivity contribution in [3.05, 3.63) is 30.3 Å². The lowest BCUT2D eigenvalue weighted by Gasteiger charge is -2.25. The van der Waals surface area contributed by atoms with Crippen molar-refractivity contribution in [3.63, 3.8) is 0 Å². The van der Waals surface area contributed by atoms with Crippen molar-refractivity contribution in [1.82, 2.24) is 10.2 Å². The predicted octanol–water partition coefficient (Wildman–Crippen LogP) is 3.21. The van der Waals surface area contributed by atoms with Crippen LogP contribution in [0.2, 0.25) is 0 Å². The van der Waals surface area contributed by atoms with E-state index in [1.54, 1.807) is 0 Å². The maximum Gasteiger partial charge on any atom is 0.193 e. The van der Waals surface area contributed by atoms with Gasteiger partial charge in [-0.1, -0.05) is 18.2 Å². The standard InChI is InChI=1S/C21H32N4O.HI/c1-2-22-20(25-12-9-21(16-25)10-13-26-17-21)23-14-18-8-11-24(15-18)19-6-4-3-5-7-19;/h3-7,18H,2,8-17H2,1H3,(H,22,23);1H. The Bertz CT molecular complexity index is 618. The first kappa shape index (κ1) is 20.7. The predicted molar refractivity (Wildman–Crippen MR) is 122 cm³/mol. The zero-order chi connectivity index (χ0) is 17.8. The van der Waals surface area contributed by atoms with Crippen LogP contribution in [0.4, 0.5) is 5.69 Å². The van der Waals surface area contributed by atoms with Crippen molar-refractivity contribution in [2.24, 2.45) is 16.3 Å². The van der Waals surface area contributed by atoms with Crippen LogP contribution < -0.4 is 10.2 Å². The summed E-state index contributed by atoms with van der Waals surface area (Å²) in [6.07, 6.45) is 3.68. The fourth-order valence-corrected chi connectivity index (χ4v) is 4.58. The Hall–Kier alpha value is -1.02. The lowest BCUT2D eigenvalue weighted by atomic mass is 9.87. The van der Waals surface area contributed by atoms with Gasteiger partial charge in [-0.25, -0.2) is 0 Å². The summed E-state index contributed by atoms with van der Waals surface area (Å²) in [4.78, 5) is 9.98. The normalized spacial score (nSPS) is 28.0. The summed E-state index contributed by atoms with van der Waals surface area (Å²) in [5.41, 5.74) is 1.72. The molecule has 1 N–H and O–H groups in total. The van der Waals surface area contributed by atoms with Crippen LogP contribution in [0.25, 0.3) is 0 Å². The summed E-state index contributed by atoms with van der Waals surface area (Å²) in [7, 11) is 0. The van der Waals surface area contributed by atoms with Gasteiger partial charge < -0.3 is 19.9 Å². The SMILES string of the molecule is CCNC(=NCC1CCN(c2ccccc2)C1)N1CCC2(CCOC2)C1.I. The number of nitrogens with zero attached hydrogens (tertiary/aromatic N) is 3. The second kappa shape index (κ2) is 9.45. The number of rotatable bonds is 4. The first-order valence-electron chi connectivity index (χ1n) is 10.2. The number of guanidine groups is 1. The van der Waals surface area contributed by atoms with Gasteiger partial charge in [0, 0.05) is 57.0 Å². The minimum Gasteiger partial charge on any atom is -0.381 e. The van der Waals surface area contributed by atoms with Crippen LogP contribution in [-0.2, 0) is 4.74 Å². The number of nitrogens with one attached hydrogen (secondary N) is 1. The van der Waals surface area contributed by atoms with Crippen molar-refractivity contribution in [2.75, 3.05) is 57.4 Å². The number of halogens is 1. The average molecular weight is 484 g/mol. The quantitative estimate of drug-likeness (QED) is 0.405. The fraction of sp³-hybridized carbons (Fsp3) is 0.667. The van der Waals surface area contributed by atoms with Crippen molar-refractivity contribution < 1.29 is 4.74 Å². The van der Waals surface area contributed by atoms with E-state index >= 15 is 0 Å². The van der Waals surface area contributed by atoms with Gasteiger partial charge in [0.15, 0.2) is 5.96 Å². The Kier molecular flexibility index (Phi) is 7.25. The van der Waals surface area contributed by atoms with Crippen molar-refractivity contribution >= 4 is 35.6 Å². The maximum absolute atomic E-state index is 5.67. The van der Waals surface area contributed by atoms with Gasteiger partial charge in [-0.05, 0) is 44.2 Å². The molecule has 0 aliphatic carbocycles. The number of hydrogen-bond acceptors (Lipinski definition) is 3. The molecule has 0 bridgehead atoms. The van der Waals surface area contributed by atoms with Gasteiger partial charge in [0.1, 0.15) is 0 Å². The second-order valence-corrected chi connectivity index (χ2v) is 8.11. The smallest absolute Gasteiger partial charge is 0.193 e. The number of aliphatic imine (C=N–C) groups is 1. The first-order valence-corrected chi connectivity index (χ1v) is 10.2. The Morgan fingerprint density at radius 1 is 1.26 bits per heavy atom. The molecule has 0 amide bonds. The fourth-order valence-electron chi connectivity index (χ4n) is 4.58. The third-order valence-corrected chi connectivity index (χ3v) is 6.16. The molecule has 3 heterocycles. The molecule has 1 aromatic carbocycles. The molecule has 0 saturated carbocycles. The van der Waals surface area contributed by atoms with E-state index in [1.165, 1.54) is 24.9 Å². The van der Waals surface area contributed by atoms with Gasteiger partial charge in [-0.15, -0.1) is 24.0 Å². The molecule has 1 aromatic rings. The van der Waals surface area contributed by atoms with E-state index in [0.717, 1.165) is 58.4 Å². The summed E-state index contributed by atoms with van der Waals surface area (Å²) in [5, 5.41) is 3.52. The average Bonchev–Trinajstić information content (AvgIpc) is 3.42. The highest BCUT2D eigenvalue weighted by atomic mass is 127. The van der Waals surface area contributed by atoms with Crippen LogP contribution in [0.1, 0.15) is 26.2 Å². The largest absolute Gasteiger partial charge is 0.381 e. The van der Waals surface area contributed by atoms with Crippen molar-refractivity contribution in [3.8, 4) is 0 Å². The van der Waals surface area contributed by atoms with Gasteiger partial charge in [-0.2, -0.15) is 0 Å². The van der Waals surface area contributed by atoms with Crippen LogP contribution >= 0.6 is 24.0 Å². The van der Waals surface area contributed by atoms with E-state index < -0.39 is 0 Å². The molecule has 3 aliphatic rings. The molecule has 3 fully saturated rings. The highest BCUT2D eigenvalue weighted by molar-refractivity contribution is 14.0. The van der Waals surface area contributed by atoms with E-state index in [9.17, 15) is 0 Å². The molecule has 27 heavy (non-hydrogen) atoms. The summed E-state index contributed by atoms with van der Waals surface area (Å²) in [6.45, 7) is 10.3. The van der Waals surface area contributed by atoms with Crippen LogP contribution in [-0.4, -0.2) is 63.3 Å². The molecule has 3 aliphatic heterocycles. The lowest BCUT2D eigenvalue weighted by molar-refractivity contribution is 0.156. The molecule has 6 heteroatoms. The highest BCUT2D eigenvalue weighted by Gasteiger charge is 2.42.